The molecule has 1 amide bonds. The molecule has 26 heavy (non-hydrogen) atoms. The van der Waals surface area contributed by atoms with Crippen LogP contribution < -0.4 is 15.0 Å². The molecule has 0 atom stereocenters. The lowest BCUT2D eigenvalue weighted by Gasteiger charge is -2.32. The van der Waals surface area contributed by atoms with E-state index in [2.05, 4.69) is 20.2 Å². The number of hydrogen-bond donors (Lipinski definition) is 1. The molecule has 3 rings (SSSR count). The Morgan fingerprint density at radius 2 is 1.88 bits per heavy atom. The Morgan fingerprint density at radius 1 is 1.23 bits per heavy atom. The number of hydrogen-bond acceptors (Lipinski definition) is 5. The first-order valence-corrected chi connectivity index (χ1v) is 8.85. The van der Waals surface area contributed by atoms with Crippen molar-refractivity contribution in [2.45, 2.75) is 12.8 Å². The summed E-state index contributed by atoms with van der Waals surface area (Å²) < 4.78 is 18.1. The fourth-order valence-corrected chi connectivity index (χ4v) is 2.89. The van der Waals surface area contributed by atoms with E-state index in [9.17, 15) is 9.18 Å². The van der Waals surface area contributed by atoms with Crippen LogP contribution >= 0.6 is 11.6 Å². The molecule has 2 heterocycles. The highest BCUT2D eigenvalue weighted by molar-refractivity contribution is 6.30. The van der Waals surface area contributed by atoms with Crippen molar-refractivity contribution in [2.75, 3.05) is 31.1 Å². The van der Waals surface area contributed by atoms with Gasteiger partial charge in [-0.25, -0.2) is 14.4 Å². The summed E-state index contributed by atoms with van der Waals surface area (Å²) in [6.07, 6.45) is 5.09. The van der Waals surface area contributed by atoms with E-state index in [-0.39, 0.29) is 18.3 Å². The summed E-state index contributed by atoms with van der Waals surface area (Å²) in [6, 6.07) is 5.59. The summed E-state index contributed by atoms with van der Waals surface area (Å²) in [5.74, 6) is 1.05. The summed E-state index contributed by atoms with van der Waals surface area (Å²) >= 11 is 5.81. The molecule has 1 aromatic heterocycles. The second kappa shape index (κ2) is 8.80. The summed E-state index contributed by atoms with van der Waals surface area (Å²) in [5, 5.41) is 3.41. The number of piperidine rings is 1. The van der Waals surface area contributed by atoms with Crippen LogP contribution in [-0.2, 0) is 4.79 Å². The van der Waals surface area contributed by atoms with Crippen molar-refractivity contribution in [3.63, 3.8) is 0 Å². The zero-order valence-electron chi connectivity index (χ0n) is 14.2. The van der Waals surface area contributed by atoms with Crippen molar-refractivity contribution in [1.29, 1.82) is 0 Å². The van der Waals surface area contributed by atoms with Crippen molar-refractivity contribution in [3.8, 4) is 5.75 Å². The van der Waals surface area contributed by atoms with Crippen LogP contribution in [0, 0.1) is 11.7 Å². The van der Waals surface area contributed by atoms with E-state index in [1.54, 1.807) is 12.4 Å². The smallest absolute Gasteiger partial charge is 0.257 e. The number of anilines is 1. The lowest BCUT2D eigenvalue weighted by Crippen LogP contribution is -2.40. The van der Waals surface area contributed by atoms with E-state index in [1.165, 1.54) is 24.3 Å². The van der Waals surface area contributed by atoms with Gasteiger partial charge in [-0.05, 0) is 43.0 Å². The minimum absolute atomic E-state index is 0.0803. The Morgan fingerprint density at radius 3 is 2.54 bits per heavy atom. The normalized spacial score (nSPS) is 14.9. The van der Waals surface area contributed by atoms with Gasteiger partial charge in [0.1, 0.15) is 11.6 Å². The largest absolute Gasteiger partial charge is 0.484 e. The van der Waals surface area contributed by atoms with E-state index in [0.717, 1.165) is 25.9 Å². The SMILES string of the molecule is O=C(COc1ccc(F)cc1)NCC1CCN(c2ncc(Cl)cn2)CC1. The van der Waals surface area contributed by atoms with Crippen molar-refractivity contribution in [3.05, 3.63) is 47.5 Å². The van der Waals surface area contributed by atoms with Gasteiger partial charge in [0.15, 0.2) is 6.61 Å². The number of carbonyl (C=O) groups excluding carboxylic acids is 1. The predicted octanol–water partition coefficient (Wildman–Crippen LogP) is 2.68. The molecule has 1 N–H and O–H groups in total. The fourth-order valence-electron chi connectivity index (χ4n) is 2.79. The number of ether oxygens (including phenoxy) is 1. The van der Waals surface area contributed by atoms with Gasteiger partial charge < -0.3 is 15.0 Å². The van der Waals surface area contributed by atoms with Crippen LogP contribution in [0.5, 0.6) is 5.75 Å². The van der Waals surface area contributed by atoms with E-state index >= 15 is 0 Å². The minimum Gasteiger partial charge on any atom is -0.484 e. The average molecular weight is 379 g/mol. The van der Waals surface area contributed by atoms with Crippen molar-refractivity contribution in [2.24, 2.45) is 5.92 Å². The second-order valence-electron chi connectivity index (χ2n) is 6.18. The monoisotopic (exact) mass is 378 g/mol. The van der Waals surface area contributed by atoms with Crippen molar-refractivity contribution >= 4 is 23.5 Å². The standard InChI is InChI=1S/C18H20ClFN4O2/c19-14-10-22-18(23-11-14)24-7-5-13(6-8-24)9-21-17(25)12-26-16-3-1-15(20)2-4-16/h1-4,10-11,13H,5-9,12H2,(H,21,25). The number of benzene rings is 1. The van der Waals surface area contributed by atoms with E-state index < -0.39 is 0 Å². The third-order valence-electron chi connectivity index (χ3n) is 4.28. The topological polar surface area (TPSA) is 67.3 Å². The zero-order valence-corrected chi connectivity index (χ0v) is 15.0. The van der Waals surface area contributed by atoms with Gasteiger partial charge >= 0.3 is 0 Å². The molecule has 0 bridgehead atoms. The van der Waals surface area contributed by atoms with Gasteiger partial charge in [-0.1, -0.05) is 11.6 Å². The summed E-state index contributed by atoms with van der Waals surface area (Å²) in [7, 11) is 0. The molecule has 6 nitrogen and oxygen atoms in total. The molecular formula is C18H20ClFN4O2. The third-order valence-corrected chi connectivity index (χ3v) is 4.47. The van der Waals surface area contributed by atoms with Gasteiger partial charge in [0.05, 0.1) is 17.4 Å². The van der Waals surface area contributed by atoms with Crippen LogP contribution in [0.4, 0.5) is 10.3 Å². The minimum atomic E-state index is -0.336. The van der Waals surface area contributed by atoms with Crippen LogP contribution in [0.15, 0.2) is 36.7 Å². The number of amides is 1. The highest BCUT2D eigenvalue weighted by Gasteiger charge is 2.21. The zero-order chi connectivity index (χ0) is 18.4. The van der Waals surface area contributed by atoms with Gasteiger partial charge in [0, 0.05) is 19.6 Å². The number of aromatic nitrogens is 2. The molecule has 0 spiro atoms. The van der Waals surface area contributed by atoms with Crippen LogP contribution in [0.25, 0.3) is 0 Å². The maximum absolute atomic E-state index is 12.8. The molecule has 0 radical (unpaired) electrons. The summed E-state index contributed by atoms with van der Waals surface area (Å²) in [5.41, 5.74) is 0. The second-order valence-corrected chi connectivity index (χ2v) is 6.61. The molecule has 1 aromatic carbocycles. The molecule has 138 valence electrons. The summed E-state index contributed by atoms with van der Waals surface area (Å²) in [6.45, 7) is 2.21. The van der Waals surface area contributed by atoms with Gasteiger partial charge in [-0.15, -0.1) is 0 Å². The molecule has 8 heteroatoms. The van der Waals surface area contributed by atoms with E-state index in [4.69, 9.17) is 16.3 Å². The van der Waals surface area contributed by atoms with Crippen LogP contribution in [0.2, 0.25) is 5.02 Å². The number of halogens is 2. The average Bonchev–Trinajstić information content (AvgIpc) is 2.67. The molecule has 1 saturated heterocycles. The van der Waals surface area contributed by atoms with Crippen LogP contribution in [0.1, 0.15) is 12.8 Å². The number of nitrogens with zero attached hydrogens (tertiary/aromatic N) is 3. The molecule has 1 fully saturated rings. The highest BCUT2D eigenvalue weighted by atomic mass is 35.5. The molecular weight excluding hydrogens is 359 g/mol. The van der Waals surface area contributed by atoms with Crippen molar-refractivity contribution < 1.29 is 13.9 Å². The first-order valence-electron chi connectivity index (χ1n) is 8.48. The number of rotatable bonds is 6. The maximum atomic E-state index is 12.8. The third kappa shape index (κ3) is 5.29. The molecule has 1 aliphatic rings. The first-order chi connectivity index (χ1) is 12.6. The maximum Gasteiger partial charge on any atom is 0.257 e. The van der Waals surface area contributed by atoms with Crippen LogP contribution in [-0.4, -0.2) is 42.1 Å². The van der Waals surface area contributed by atoms with E-state index in [1.807, 2.05) is 0 Å². The van der Waals surface area contributed by atoms with Crippen molar-refractivity contribution in [1.82, 2.24) is 15.3 Å². The van der Waals surface area contributed by atoms with Crippen LogP contribution in [0.3, 0.4) is 0 Å². The number of nitrogens with one attached hydrogen (secondary N) is 1. The molecule has 0 saturated carbocycles. The quantitative estimate of drug-likeness (QED) is 0.837. The predicted molar refractivity (Wildman–Crippen MR) is 96.9 cm³/mol. The molecule has 0 unspecified atom stereocenters. The number of carbonyl (C=O) groups is 1. The Hall–Kier alpha value is -2.41. The van der Waals surface area contributed by atoms with E-state index in [0.29, 0.717) is 29.2 Å². The highest BCUT2D eigenvalue weighted by Crippen LogP contribution is 2.20. The Labute approximate surface area is 156 Å². The summed E-state index contributed by atoms with van der Waals surface area (Å²) in [4.78, 5) is 22.5. The lowest BCUT2D eigenvalue weighted by molar-refractivity contribution is -0.123. The Kier molecular flexibility index (Phi) is 6.22. The van der Waals surface area contributed by atoms with Gasteiger partial charge in [0.2, 0.25) is 5.95 Å². The lowest BCUT2D eigenvalue weighted by atomic mass is 9.97. The Bertz CT molecular complexity index is 719. The molecule has 1 aliphatic heterocycles. The van der Waals surface area contributed by atoms with Gasteiger partial charge in [0.25, 0.3) is 5.91 Å². The first kappa shape index (κ1) is 18.4. The fraction of sp³-hybridized carbons (Fsp3) is 0.389. The molecule has 2 aromatic rings. The van der Waals surface area contributed by atoms with Gasteiger partial charge in [-0.2, -0.15) is 0 Å². The Balaban J connectivity index is 1.36. The molecule has 0 aliphatic carbocycles. The van der Waals surface area contributed by atoms with Gasteiger partial charge in [-0.3, -0.25) is 4.79 Å².